The first-order valence-corrected chi connectivity index (χ1v) is 7.29. The third-order valence-electron chi connectivity index (χ3n) is 3.61. The van der Waals surface area contributed by atoms with E-state index in [2.05, 4.69) is 24.5 Å². The molecule has 4 heteroatoms. The van der Waals surface area contributed by atoms with Crippen molar-refractivity contribution in [2.75, 3.05) is 19.0 Å². The van der Waals surface area contributed by atoms with Crippen LogP contribution in [-0.2, 0) is 11.3 Å². The lowest BCUT2D eigenvalue weighted by atomic mass is 10.1. The monoisotopic (exact) mass is 298 g/mol. The maximum Gasteiger partial charge on any atom is 0.239 e. The largest absolute Gasteiger partial charge is 0.497 e. The summed E-state index contributed by atoms with van der Waals surface area (Å²) in [6.45, 7) is 4.90. The Hall–Kier alpha value is -2.49. The Balaban J connectivity index is 1.78. The fraction of sp³-hybridized carbons (Fsp3) is 0.278. The molecule has 0 heterocycles. The van der Waals surface area contributed by atoms with Gasteiger partial charge in [0.25, 0.3) is 0 Å². The summed E-state index contributed by atoms with van der Waals surface area (Å²) in [5.41, 5.74) is 4.46. The van der Waals surface area contributed by atoms with Gasteiger partial charge in [0.2, 0.25) is 5.91 Å². The van der Waals surface area contributed by atoms with Crippen molar-refractivity contribution < 1.29 is 9.53 Å². The van der Waals surface area contributed by atoms with Crippen molar-refractivity contribution in [1.29, 1.82) is 0 Å². The first-order chi connectivity index (χ1) is 10.6. The predicted octanol–water partition coefficient (Wildman–Crippen LogP) is 3.04. The number of hydrogen-bond donors (Lipinski definition) is 2. The van der Waals surface area contributed by atoms with Crippen LogP contribution in [0.15, 0.2) is 42.5 Å². The number of benzene rings is 2. The van der Waals surface area contributed by atoms with E-state index < -0.39 is 0 Å². The molecule has 2 rings (SSSR count). The summed E-state index contributed by atoms with van der Waals surface area (Å²) in [5.74, 6) is 0.778. The average Bonchev–Trinajstić information content (AvgIpc) is 2.54. The van der Waals surface area contributed by atoms with Crippen LogP contribution in [0.1, 0.15) is 16.7 Å². The van der Waals surface area contributed by atoms with E-state index in [0.29, 0.717) is 6.54 Å². The lowest BCUT2D eigenvalue weighted by molar-refractivity contribution is -0.119. The fourth-order valence-corrected chi connectivity index (χ4v) is 2.04. The minimum atomic E-state index is -0.0333. The zero-order valence-electron chi connectivity index (χ0n) is 13.3. The molecule has 0 aromatic heterocycles. The quantitative estimate of drug-likeness (QED) is 0.862. The maximum atomic E-state index is 11.9. The number of amides is 1. The molecule has 0 unspecified atom stereocenters. The molecule has 0 atom stereocenters. The van der Waals surface area contributed by atoms with Crippen LogP contribution in [0.2, 0.25) is 0 Å². The summed E-state index contributed by atoms with van der Waals surface area (Å²) in [6.07, 6.45) is 0. The second-order valence-electron chi connectivity index (χ2n) is 5.28. The molecule has 0 radical (unpaired) electrons. The average molecular weight is 298 g/mol. The Morgan fingerprint density at radius 2 is 1.77 bits per heavy atom. The summed E-state index contributed by atoms with van der Waals surface area (Å²) in [6, 6.07) is 13.7. The highest BCUT2D eigenvalue weighted by Gasteiger charge is 2.02. The van der Waals surface area contributed by atoms with Gasteiger partial charge in [0.05, 0.1) is 13.7 Å². The minimum Gasteiger partial charge on any atom is -0.497 e. The molecule has 0 saturated heterocycles. The third-order valence-corrected chi connectivity index (χ3v) is 3.61. The lowest BCUT2D eigenvalue weighted by Crippen LogP contribution is -2.29. The van der Waals surface area contributed by atoms with E-state index in [9.17, 15) is 4.79 Å². The molecule has 2 aromatic carbocycles. The highest BCUT2D eigenvalue weighted by Crippen LogP contribution is 2.14. The predicted molar refractivity (Wildman–Crippen MR) is 89.2 cm³/mol. The molecule has 4 nitrogen and oxygen atoms in total. The summed E-state index contributed by atoms with van der Waals surface area (Å²) >= 11 is 0. The van der Waals surface area contributed by atoms with E-state index in [-0.39, 0.29) is 12.5 Å². The van der Waals surface area contributed by atoms with Gasteiger partial charge in [-0.05, 0) is 54.8 Å². The van der Waals surface area contributed by atoms with Gasteiger partial charge in [0.15, 0.2) is 0 Å². The normalized spacial score (nSPS) is 10.1. The zero-order chi connectivity index (χ0) is 15.9. The van der Waals surface area contributed by atoms with E-state index in [1.54, 1.807) is 7.11 Å². The van der Waals surface area contributed by atoms with Gasteiger partial charge in [0.1, 0.15) is 5.75 Å². The number of methoxy groups -OCH3 is 1. The summed E-state index contributed by atoms with van der Waals surface area (Å²) in [5, 5.41) is 6.03. The lowest BCUT2D eigenvalue weighted by Gasteiger charge is -2.10. The highest BCUT2D eigenvalue weighted by atomic mass is 16.5. The third kappa shape index (κ3) is 4.52. The first kappa shape index (κ1) is 15.9. The van der Waals surface area contributed by atoms with Gasteiger partial charge in [0, 0.05) is 12.2 Å². The Morgan fingerprint density at radius 1 is 1.05 bits per heavy atom. The van der Waals surface area contributed by atoms with Crippen molar-refractivity contribution in [1.82, 2.24) is 5.32 Å². The number of hydrogen-bond acceptors (Lipinski definition) is 3. The Morgan fingerprint density at radius 3 is 2.41 bits per heavy atom. The topological polar surface area (TPSA) is 50.4 Å². The minimum absolute atomic E-state index is 0.0333. The van der Waals surface area contributed by atoms with Gasteiger partial charge in [-0.1, -0.05) is 18.2 Å². The van der Waals surface area contributed by atoms with Crippen molar-refractivity contribution >= 4 is 11.6 Å². The van der Waals surface area contributed by atoms with Crippen LogP contribution in [-0.4, -0.2) is 19.6 Å². The molecule has 1 amide bonds. The van der Waals surface area contributed by atoms with E-state index in [1.165, 1.54) is 11.1 Å². The molecule has 116 valence electrons. The molecule has 0 bridgehead atoms. The van der Waals surface area contributed by atoms with Crippen molar-refractivity contribution in [2.24, 2.45) is 0 Å². The molecule has 2 aromatic rings. The molecule has 2 N–H and O–H groups in total. The van der Waals surface area contributed by atoms with Gasteiger partial charge in [-0.2, -0.15) is 0 Å². The SMILES string of the molecule is COc1ccc(CNC(=O)CNc2ccc(C)c(C)c2)cc1. The Bertz CT molecular complexity index is 636. The van der Waals surface area contributed by atoms with Gasteiger partial charge < -0.3 is 15.4 Å². The molecule has 0 saturated carbocycles. The molecule has 0 spiro atoms. The van der Waals surface area contributed by atoms with Crippen LogP contribution in [0, 0.1) is 13.8 Å². The molecular formula is C18H22N2O2. The smallest absolute Gasteiger partial charge is 0.239 e. The number of rotatable bonds is 6. The molecular weight excluding hydrogens is 276 g/mol. The number of ether oxygens (including phenoxy) is 1. The van der Waals surface area contributed by atoms with E-state index >= 15 is 0 Å². The Kier molecular flexibility index (Phi) is 5.42. The number of anilines is 1. The van der Waals surface area contributed by atoms with Gasteiger partial charge in [-0.3, -0.25) is 4.79 Å². The standard InChI is InChI=1S/C18H22N2O2/c1-13-4-7-16(10-14(13)2)19-12-18(21)20-11-15-5-8-17(22-3)9-6-15/h4-10,19H,11-12H2,1-3H3,(H,20,21). The van der Waals surface area contributed by atoms with Crippen molar-refractivity contribution in [3.63, 3.8) is 0 Å². The summed E-state index contributed by atoms with van der Waals surface area (Å²) < 4.78 is 5.10. The summed E-state index contributed by atoms with van der Waals surface area (Å²) in [4.78, 5) is 11.9. The molecule has 0 fully saturated rings. The first-order valence-electron chi connectivity index (χ1n) is 7.29. The number of carbonyl (C=O) groups is 1. The zero-order valence-corrected chi connectivity index (χ0v) is 13.3. The van der Waals surface area contributed by atoms with E-state index in [4.69, 9.17) is 4.74 Å². The van der Waals surface area contributed by atoms with Crippen LogP contribution in [0.4, 0.5) is 5.69 Å². The van der Waals surface area contributed by atoms with Crippen molar-refractivity contribution in [3.8, 4) is 5.75 Å². The number of nitrogens with one attached hydrogen (secondary N) is 2. The summed E-state index contributed by atoms with van der Waals surface area (Å²) in [7, 11) is 1.63. The maximum absolute atomic E-state index is 11.9. The second-order valence-corrected chi connectivity index (χ2v) is 5.28. The van der Waals surface area contributed by atoms with Crippen LogP contribution in [0.3, 0.4) is 0 Å². The van der Waals surface area contributed by atoms with Gasteiger partial charge >= 0.3 is 0 Å². The van der Waals surface area contributed by atoms with Gasteiger partial charge in [-0.15, -0.1) is 0 Å². The second kappa shape index (κ2) is 7.50. The van der Waals surface area contributed by atoms with Crippen LogP contribution >= 0.6 is 0 Å². The van der Waals surface area contributed by atoms with Gasteiger partial charge in [-0.25, -0.2) is 0 Å². The molecule has 0 aliphatic rings. The molecule has 0 aliphatic carbocycles. The van der Waals surface area contributed by atoms with Crippen molar-refractivity contribution in [2.45, 2.75) is 20.4 Å². The van der Waals surface area contributed by atoms with Crippen LogP contribution < -0.4 is 15.4 Å². The van der Waals surface area contributed by atoms with Crippen molar-refractivity contribution in [3.05, 3.63) is 59.2 Å². The van der Waals surface area contributed by atoms with E-state index in [0.717, 1.165) is 17.0 Å². The highest BCUT2D eigenvalue weighted by molar-refractivity contribution is 5.80. The molecule has 22 heavy (non-hydrogen) atoms. The number of aryl methyl sites for hydroxylation is 2. The van der Waals surface area contributed by atoms with Crippen LogP contribution in [0.5, 0.6) is 5.75 Å². The fourth-order valence-electron chi connectivity index (χ4n) is 2.04. The number of carbonyl (C=O) groups excluding carboxylic acids is 1. The van der Waals surface area contributed by atoms with E-state index in [1.807, 2.05) is 42.5 Å². The van der Waals surface area contributed by atoms with Crippen LogP contribution in [0.25, 0.3) is 0 Å². The Labute approximate surface area is 131 Å². The molecule has 0 aliphatic heterocycles.